The fourth-order valence-corrected chi connectivity index (χ4v) is 2.88. The van der Waals surface area contributed by atoms with Gasteiger partial charge in [0.15, 0.2) is 0 Å². The largest absolute Gasteiger partial charge is 0.389 e. The Morgan fingerprint density at radius 1 is 1.33 bits per heavy atom. The molecular formula is C16H32N2O3. The number of aliphatic hydroxyl groups excluding tert-OH is 1. The molecule has 1 aliphatic rings. The quantitative estimate of drug-likeness (QED) is 0.603. The molecule has 0 heterocycles. The van der Waals surface area contributed by atoms with Crippen LogP contribution in [0.3, 0.4) is 0 Å². The summed E-state index contributed by atoms with van der Waals surface area (Å²) < 4.78 is 5.88. The van der Waals surface area contributed by atoms with Gasteiger partial charge in [0.25, 0.3) is 0 Å². The number of carbonyl (C=O) groups excluding carboxylic acids is 1. The Balaban J connectivity index is 2.13. The van der Waals surface area contributed by atoms with E-state index in [1.54, 1.807) is 0 Å². The summed E-state index contributed by atoms with van der Waals surface area (Å²) in [5.41, 5.74) is 0. The summed E-state index contributed by atoms with van der Waals surface area (Å²) in [5.74, 6) is 0.590. The van der Waals surface area contributed by atoms with E-state index in [2.05, 4.69) is 17.6 Å². The van der Waals surface area contributed by atoms with Crippen LogP contribution in [0.5, 0.6) is 0 Å². The molecule has 5 heteroatoms. The van der Waals surface area contributed by atoms with Gasteiger partial charge in [-0.2, -0.15) is 0 Å². The van der Waals surface area contributed by atoms with Gasteiger partial charge in [0, 0.05) is 12.6 Å². The number of aliphatic hydroxyl groups is 1. The van der Waals surface area contributed by atoms with Crippen molar-refractivity contribution in [1.29, 1.82) is 0 Å². The molecule has 0 bridgehead atoms. The third kappa shape index (κ3) is 7.79. The molecule has 1 aliphatic carbocycles. The minimum atomic E-state index is -0.559. The maximum Gasteiger partial charge on any atom is 0.234 e. The normalized spacial score (nSPS) is 24.0. The van der Waals surface area contributed by atoms with Crippen LogP contribution in [0.2, 0.25) is 0 Å². The lowest BCUT2D eigenvalue weighted by molar-refractivity contribution is -0.120. The number of ether oxygens (including phenoxy) is 1. The molecule has 3 unspecified atom stereocenters. The van der Waals surface area contributed by atoms with E-state index in [-0.39, 0.29) is 18.5 Å². The van der Waals surface area contributed by atoms with Crippen molar-refractivity contribution < 1.29 is 14.6 Å². The summed E-state index contributed by atoms with van der Waals surface area (Å²) in [6, 6.07) is 0.143. The molecule has 0 aliphatic heterocycles. The van der Waals surface area contributed by atoms with E-state index < -0.39 is 6.10 Å². The summed E-state index contributed by atoms with van der Waals surface area (Å²) in [6.07, 6.45) is 5.76. The lowest BCUT2D eigenvalue weighted by Gasteiger charge is -2.31. The highest BCUT2D eigenvalue weighted by molar-refractivity contribution is 5.78. The first-order chi connectivity index (χ1) is 10.0. The summed E-state index contributed by atoms with van der Waals surface area (Å²) in [6.45, 7) is 7.02. The van der Waals surface area contributed by atoms with Gasteiger partial charge in [-0.1, -0.05) is 26.2 Å². The molecule has 0 aromatic carbocycles. The Labute approximate surface area is 128 Å². The van der Waals surface area contributed by atoms with E-state index in [9.17, 15) is 9.90 Å². The van der Waals surface area contributed by atoms with Crippen molar-refractivity contribution in [1.82, 2.24) is 10.6 Å². The monoisotopic (exact) mass is 300 g/mol. The molecule has 0 radical (unpaired) electrons. The Bertz CT molecular complexity index is 297. The van der Waals surface area contributed by atoms with Crippen LogP contribution in [0.15, 0.2) is 0 Å². The average molecular weight is 300 g/mol. The minimum absolute atomic E-state index is 0.0450. The van der Waals surface area contributed by atoms with E-state index in [0.29, 0.717) is 25.2 Å². The fraction of sp³-hybridized carbons (Fsp3) is 0.938. The van der Waals surface area contributed by atoms with Crippen molar-refractivity contribution in [3.8, 4) is 0 Å². The lowest BCUT2D eigenvalue weighted by Crippen LogP contribution is -2.41. The minimum Gasteiger partial charge on any atom is -0.389 e. The molecule has 1 amide bonds. The molecule has 3 N–H and O–H groups in total. The number of rotatable bonds is 9. The maximum atomic E-state index is 11.4. The lowest BCUT2D eigenvalue weighted by atomic mass is 9.85. The third-order valence-electron chi connectivity index (χ3n) is 3.98. The van der Waals surface area contributed by atoms with Gasteiger partial charge in [0.2, 0.25) is 5.91 Å². The molecule has 0 aromatic rings. The van der Waals surface area contributed by atoms with Crippen LogP contribution in [0.4, 0.5) is 0 Å². The van der Waals surface area contributed by atoms with Crippen LogP contribution < -0.4 is 10.6 Å². The number of amides is 1. The van der Waals surface area contributed by atoms with Crippen LogP contribution >= 0.6 is 0 Å². The highest BCUT2D eigenvalue weighted by Crippen LogP contribution is 2.29. The average Bonchev–Trinajstić information content (AvgIpc) is 2.44. The third-order valence-corrected chi connectivity index (χ3v) is 3.98. The Morgan fingerprint density at radius 2 is 2.05 bits per heavy atom. The summed E-state index contributed by atoms with van der Waals surface area (Å²) in [7, 11) is 0. The first-order valence-corrected chi connectivity index (χ1v) is 8.32. The summed E-state index contributed by atoms with van der Waals surface area (Å²) >= 11 is 0. The first-order valence-electron chi connectivity index (χ1n) is 8.32. The first kappa shape index (κ1) is 18.4. The number of hydrogen-bond acceptors (Lipinski definition) is 4. The van der Waals surface area contributed by atoms with E-state index in [1.165, 1.54) is 19.3 Å². The summed E-state index contributed by atoms with van der Waals surface area (Å²) in [5, 5.41) is 15.7. The Morgan fingerprint density at radius 3 is 2.71 bits per heavy atom. The van der Waals surface area contributed by atoms with Gasteiger partial charge in [-0.25, -0.2) is 0 Å². The maximum absolute atomic E-state index is 11.4. The number of hydrogen-bond donors (Lipinski definition) is 3. The molecule has 124 valence electrons. The molecule has 5 nitrogen and oxygen atoms in total. The molecule has 1 fully saturated rings. The van der Waals surface area contributed by atoms with E-state index in [0.717, 1.165) is 12.8 Å². The van der Waals surface area contributed by atoms with Crippen LogP contribution in [0.25, 0.3) is 0 Å². The molecule has 21 heavy (non-hydrogen) atoms. The fourth-order valence-electron chi connectivity index (χ4n) is 2.88. The second-order valence-corrected chi connectivity index (χ2v) is 6.33. The van der Waals surface area contributed by atoms with Gasteiger partial charge in [-0.3, -0.25) is 4.79 Å². The smallest absolute Gasteiger partial charge is 0.234 e. The van der Waals surface area contributed by atoms with Crippen molar-refractivity contribution >= 4 is 5.91 Å². The summed E-state index contributed by atoms with van der Waals surface area (Å²) in [4.78, 5) is 11.4. The van der Waals surface area contributed by atoms with Crippen molar-refractivity contribution in [2.24, 2.45) is 5.92 Å². The SMILES string of the molecule is CCC1CCCCC1OCC(O)CNCC(=O)NC(C)C. The second kappa shape index (κ2) is 10.1. The molecule has 1 rings (SSSR count). The van der Waals surface area contributed by atoms with Crippen molar-refractivity contribution in [2.75, 3.05) is 19.7 Å². The molecule has 0 saturated heterocycles. The van der Waals surface area contributed by atoms with E-state index in [1.807, 2.05) is 13.8 Å². The second-order valence-electron chi connectivity index (χ2n) is 6.33. The van der Waals surface area contributed by atoms with E-state index in [4.69, 9.17) is 4.74 Å². The van der Waals surface area contributed by atoms with Crippen LogP contribution in [0, 0.1) is 5.92 Å². The zero-order valence-corrected chi connectivity index (χ0v) is 13.7. The van der Waals surface area contributed by atoms with E-state index >= 15 is 0 Å². The predicted molar refractivity (Wildman–Crippen MR) is 84.1 cm³/mol. The zero-order chi connectivity index (χ0) is 15.7. The highest BCUT2D eigenvalue weighted by Gasteiger charge is 2.24. The topological polar surface area (TPSA) is 70.6 Å². The predicted octanol–water partition coefficient (Wildman–Crippen LogP) is 1.45. The molecular weight excluding hydrogens is 268 g/mol. The van der Waals surface area contributed by atoms with Gasteiger partial charge < -0.3 is 20.5 Å². The molecule has 1 saturated carbocycles. The van der Waals surface area contributed by atoms with Gasteiger partial charge in [-0.05, 0) is 32.6 Å². The zero-order valence-electron chi connectivity index (χ0n) is 13.7. The highest BCUT2D eigenvalue weighted by atomic mass is 16.5. The van der Waals surface area contributed by atoms with Gasteiger partial charge in [0.1, 0.15) is 0 Å². The van der Waals surface area contributed by atoms with Gasteiger partial charge in [0.05, 0.1) is 25.4 Å². The molecule has 0 spiro atoms. The van der Waals surface area contributed by atoms with Crippen molar-refractivity contribution in [3.63, 3.8) is 0 Å². The van der Waals surface area contributed by atoms with Gasteiger partial charge >= 0.3 is 0 Å². The molecule has 3 atom stereocenters. The van der Waals surface area contributed by atoms with Crippen molar-refractivity contribution in [2.45, 2.75) is 71.1 Å². The Kier molecular flexibility index (Phi) is 8.88. The Hall–Kier alpha value is -0.650. The van der Waals surface area contributed by atoms with Gasteiger partial charge in [-0.15, -0.1) is 0 Å². The number of nitrogens with one attached hydrogen (secondary N) is 2. The number of carbonyl (C=O) groups is 1. The van der Waals surface area contributed by atoms with Crippen LogP contribution in [0.1, 0.15) is 52.9 Å². The van der Waals surface area contributed by atoms with Crippen LogP contribution in [-0.4, -0.2) is 49.0 Å². The standard InChI is InChI=1S/C16H32N2O3/c1-4-13-7-5-6-8-15(13)21-11-14(19)9-17-10-16(20)18-12(2)3/h12-15,17,19H,4-11H2,1-3H3,(H,18,20). The molecule has 0 aromatic heterocycles. The van der Waals surface area contributed by atoms with Crippen molar-refractivity contribution in [3.05, 3.63) is 0 Å². The van der Waals surface area contributed by atoms with Crippen LogP contribution in [-0.2, 0) is 9.53 Å².